The SMILES string of the molecule is CCOc1cc(-c2cncc(NCCn3c(C)cc4c(OC)ccc(F)c43)n2)sc1C(=O)O. The van der Waals surface area contributed by atoms with Crippen LogP contribution in [0.15, 0.2) is 36.7 Å². The van der Waals surface area contributed by atoms with E-state index in [4.69, 9.17) is 9.47 Å². The first kappa shape index (κ1) is 22.5. The molecule has 10 heteroatoms. The van der Waals surface area contributed by atoms with Gasteiger partial charge in [0.2, 0.25) is 0 Å². The number of aromatic nitrogens is 3. The smallest absolute Gasteiger partial charge is 0.349 e. The fraction of sp³-hybridized carbons (Fsp3) is 0.261. The number of carboxylic acid groups (broad SMARTS) is 1. The highest BCUT2D eigenvalue weighted by Crippen LogP contribution is 2.36. The minimum Gasteiger partial charge on any atom is -0.496 e. The van der Waals surface area contributed by atoms with Crippen molar-refractivity contribution in [3.8, 4) is 22.1 Å². The molecule has 0 aliphatic heterocycles. The third kappa shape index (κ3) is 4.47. The van der Waals surface area contributed by atoms with Gasteiger partial charge in [-0.05, 0) is 32.0 Å². The fourth-order valence-corrected chi connectivity index (χ4v) is 4.58. The van der Waals surface area contributed by atoms with Gasteiger partial charge in [0, 0.05) is 30.2 Å². The Balaban J connectivity index is 1.53. The average molecular weight is 471 g/mol. The number of methoxy groups -OCH3 is 1. The molecule has 8 nitrogen and oxygen atoms in total. The van der Waals surface area contributed by atoms with Crippen LogP contribution in [0.2, 0.25) is 0 Å². The largest absolute Gasteiger partial charge is 0.496 e. The van der Waals surface area contributed by atoms with E-state index in [1.807, 2.05) is 17.6 Å². The lowest BCUT2D eigenvalue weighted by atomic mass is 10.2. The van der Waals surface area contributed by atoms with Gasteiger partial charge in [-0.1, -0.05) is 0 Å². The van der Waals surface area contributed by atoms with Crippen LogP contribution < -0.4 is 14.8 Å². The number of hydrogen-bond acceptors (Lipinski definition) is 7. The summed E-state index contributed by atoms with van der Waals surface area (Å²) >= 11 is 1.09. The van der Waals surface area contributed by atoms with E-state index in [-0.39, 0.29) is 10.7 Å². The van der Waals surface area contributed by atoms with Crippen LogP contribution in [0, 0.1) is 12.7 Å². The van der Waals surface area contributed by atoms with Gasteiger partial charge < -0.3 is 24.5 Å². The number of fused-ring (bicyclic) bond motifs is 1. The van der Waals surface area contributed by atoms with Crippen LogP contribution in [0.3, 0.4) is 0 Å². The van der Waals surface area contributed by atoms with Crippen LogP contribution in [0.25, 0.3) is 21.5 Å². The van der Waals surface area contributed by atoms with Crippen molar-refractivity contribution >= 4 is 34.0 Å². The highest BCUT2D eigenvalue weighted by Gasteiger charge is 2.19. The quantitative estimate of drug-likeness (QED) is 0.362. The van der Waals surface area contributed by atoms with Crippen LogP contribution >= 0.6 is 11.3 Å². The van der Waals surface area contributed by atoms with Crippen molar-refractivity contribution in [2.24, 2.45) is 0 Å². The molecule has 0 fully saturated rings. The summed E-state index contributed by atoms with van der Waals surface area (Å²) in [6, 6.07) is 6.60. The molecule has 2 N–H and O–H groups in total. The molecule has 1 aromatic carbocycles. The zero-order chi connectivity index (χ0) is 23.5. The standard InChI is InChI=1S/C23H23FN4O4S/c1-4-32-18-10-19(33-22(18)23(29)30)16-11-25-12-20(27-16)26-7-8-28-13(2)9-14-17(31-3)6-5-15(24)21(14)28/h5-6,9-12H,4,7-8H2,1-3H3,(H,26,27)(H,29,30). The number of aromatic carboxylic acids is 1. The van der Waals surface area contributed by atoms with Crippen LogP contribution in [0.5, 0.6) is 11.5 Å². The van der Waals surface area contributed by atoms with Crippen molar-refractivity contribution in [3.05, 3.63) is 53.0 Å². The summed E-state index contributed by atoms with van der Waals surface area (Å²) in [5.74, 6) is 0.121. The van der Waals surface area contributed by atoms with Crippen molar-refractivity contribution < 1.29 is 23.8 Å². The Labute approximate surface area is 193 Å². The number of aryl methyl sites for hydroxylation is 1. The third-order valence-electron chi connectivity index (χ3n) is 5.12. The second kappa shape index (κ2) is 9.45. The summed E-state index contributed by atoms with van der Waals surface area (Å²) < 4.78 is 27.2. The molecule has 0 saturated heterocycles. The van der Waals surface area contributed by atoms with Gasteiger partial charge in [-0.15, -0.1) is 11.3 Å². The Morgan fingerprint density at radius 3 is 2.82 bits per heavy atom. The predicted molar refractivity (Wildman–Crippen MR) is 125 cm³/mol. The molecule has 33 heavy (non-hydrogen) atoms. The molecular weight excluding hydrogens is 447 g/mol. The second-order valence-electron chi connectivity index (χ2n) is 7.21. The summed E-state index contributed by atoms with van der Waals surface area (Å²) in [6.07, 6.45) is 3.16. The maximum absolute atomic E-state index is 14.5. The normalized spacial score (nSPS) is 11.0. The molecular formula is C23H23FN4O4S. The number of nitrogens with zero attached hydrogens (tertiary/aromatic N) is 3. The number of ether oxygens (including phenoxy) is 2. The van der Waals surface area contributed by atoms with Gasteiger partial charge >= 0.3 is 5.97 Å². The van der Waals surface area contributed by atoms with Gasteiger partial charge in [0.25, 0.3) is 0 Å². The van der Waals surface area contributed by atoms with Crippen LogP contribution in [0.1, 0.15) is 22.3 Å². The van der Waals surface area contributed by atoms with Gasteiger partial charge in [0.1, 0.15) is 28.8 Å². The summed E-state index contributed by atoms with van der Waals surface area (Å²) in [6.45, 7) is 5.07. The fourth-order valence-electron chi connectivity index (χ4n) is 3.68. The summed E-state index contributed by atoms with van der Waals surface area (Å²) in [4.78, 5) is 21.0. The number of carboxylic acids is 1. The van der Waals surface area contributed by atoms with Crippen molar-refractivity contribution in [2.45, 2.75) is 20.4 Å². The summed E-state index contributed by atoms with van der Waals surface area (Å²) in [5, 5.41) is 13.4. The first-order valence-corrected chi connectivity index (χ1v) is 11.1. The number of benzene rings is 1. The molecule has 0 aliphatic carbocycles. The number of thiophene rings is 1. The van der Waals surface area contributed by atoms with E-state index in [9.17, 15) is 14.3 Å². The highest BCUT2D eigenvalue weighted by molar-refractivity contribution is 7.17. The Bertz CT molecular complexity index is 1320. The number of anilines is 1. The van der Waals surface area contributed by atoms with E-state index in [0.717, 1.165) is 22.4 Å². The number of nitrogens with one attached hydrogen (secondary N) is 1. The molecule has 0 unspecified atom stereocenters. The van der Waals surface area contributed by atoms with E-state index in [1.54, 1.807) is 38.6 Å². The molecule has 4 aromatic rings. The van der Waals surface area contributed by atoms with Gasteiger partial charge in [-0.25, -0.2) is 14.2 Å². The highest BCUT2D eigenvalue weighted by atomic mass is 32.1. The Morgan fingerprint density at radius 2 is 2.09 bits per heavy atom. The Kier molecular flexibility index (Phi) is 6.45. The lowest BCUT2D eigenvalue weighted by molar-refractivity contribution is 0.0698. The summed E-state index contributed by atoms with van der Waals surface area (Å²) in [5.41, 5.74) is 1.95. The number of rotatable bonds is 9. The Morgan fingerprint density at radius 1 is 1.27 bits per heavy atom. The van der Waals surface area contributed by atoms with Crippen molar-refractivity contribution in [1.82, 2.24) is 14.5 Å². The molecule has 3 aromatic heterocycles. The molecule has 0 radical (unpaired) electrons. The zero-order valence-electron chi connectivity index (χ0n) is 18.4. The number of carbonyl (C=O) groups is 1. The van der Waals surface area contributed by atoms with E-state index in [0.29, 0.717) is 53.1 Å². The zero-order valence-corrected chi connectivity index (χ0v) is 19.2. The molecule has 0 atom stereocenters. The first-order chi connectivity index (χ1) is 15.9. The van der Waals surface area contributed by atoms with Gasteiger partial charge in [-0.2, -0.15) is 0 Å². The maximum atomic E-state index is 14.5. The van der Waals surface area contributed by atoms with Gasteiger partial charge in [0.05, 0.1) is 36.5 Å². The van der Waals surface area contributed by atoms with Crippen LogP contribution in [0.4, 0.5) is 10.2 Å². The van der Waals surface area contributed by atoms with Crippen LogP contribution in [-0.2, 0) is 6.54 Å². The van der Waals surface area contributed by atoms with E-state index < -0.39 is 5.97 Å². The third-order valence-corrected chi connectivity index (χ3v) is 6.24. The van der Waals surface area contributed by atoms with Crippen molar-refractivity contribution in [2.75, 3.05) is 25.6 Å². The number of halogens is 1. The molecule has 172 valence electrons. The maximum Gasteiger partial charge on any atom is 0.349 e. The lowest BCUT2D eigenvalue weighted by Gasteiger charge is -2.11. The topological polar surface area (TPSA) is 98.5 Å². The van der Waals surface area contributed by atoms with Crippen LogP contribution in [-0.4, -0.2) is 45.9 Å². The van der Waals surface area contributed by atoms with E-state index >= 15 is 0 Å². The minimum absolute atomic E-state index is 0.124. The first-order valence-electron chi connectivity index (χ1n) is 10.3. The molecule has 0 saturated carbocycles. The lowest BCUT2D eigenvalue weighted by Crippen LogP contribution is -2.13. The monoisotopic (exact) mass is 470 g/mol. The minimum atomic E-state index is -1.05. The van der Waals surface area contributed by atoms with E-state index in [2.05, 4.69) is 15.3 Å². The molecule has 0 amide bonds. The molecule has 0 bridgehead atoms. The molecule has 4 rings (SSSR count). The van der Waals surface area contributed by atoms with Crippen molar-refractivity contribution in [3.63, 3.8) is 0 Å². The summed E-state index contributed by atoms with van der Waals surface area (Å²) in [7, 11) is 1.57. The van der Waals surface area contributed by atoms with Gasteiger partial charge in [0.15, 0.2) is 4.88 Å². The Hall–Kier alpha value is -3.66. The number of hydrogen-bond donors (Lipinski definition) is 2. The van der Waals surface area contributed by atoms with E-state index in [1.165, 1.54) is 6.07 Å². The molecule has 0 aliphatic rings. The van der Waals surface area contributed by atoms with Gasteiger partial charge in [-0.3, -0.25) is 4.98 Å². The molecule has 0 spiro atoms. The predicted octanol–water partition coefficient (Wildman–Crippen LogP) is 4.82. The second-order valence-corrected chi connectivity index (χ2v) is 8.26. The van der Waals surface area contributed by atoms with Crippen molar-refractivity contribution in [1.29, 1.82) is 0 Å². The average Bonchev–Trinajstić information content (AvgIpc) is 3.37. The molecule has 3 heterocycles.